The lowest BCUT2D eigenvalue weighted by atomic mass is 9.68. The van der Waals surface area contributed by atoms with Crippen molar-refractivity contribution in [2.24, 2.45) is 11.8 Å². The van der Waals surface area contributed by atoms with Gasteiger partial charge < -0.3 is 9.73 Å². The molecule has 4 heteroatoms. The monoisotopic (exact) mass is 247 g/mol. The van der Waals surface area contributed by atoms with Crippen LogP contribution in [0.2, 0.25) is 0 Å². The summed E-state index contributed by atoms with van der Waals surface area (Å²) in [6.07, 6.45) is 10.7. The minimum absolute atomic E-state index is 0.555. The fourth-order valence-electron chi connectivity index (χ4n) is 3.15. The van der Waals surface area contributed by atoms with Crippen LogP contribution in [0, 0.1) is 11.8 Å². The van der Waals surface area contributed by atoms with Gasteiger partial charge in [0, 0.05) is 12.0 Å². The van der Waals surface area contributed by atoms with Crippen molar-refractivity contribution in [1.29, 1.82) is 0 Å². The van der Waals surface area contributed by atoms with Gasteiger partial charge in [0.15, 0.2) is 0 Å². The molecule has 1 aromatic heterocycles. The molecule has 0 radical (unpaired) electrons. The van der Waals surface area contributed by atoms with E-state index in [1.807, 2.05) is 0 Å². The second-order valence-corrected chi connectivity index (χ2v) is 6.27. The molecule has 0 spiro atoms. The molecule has 0 amide bonds. The van der Waals surface area contributed by atoms with E-state index in [0.717, 1.165) is 17.7 Å². The quantitative estimate of drug-likeness (QED) is 0.867. The molecule has 0 bridgehead atoms. The van der Waals surface area contributed by atoms with Crippen molar-refractivity contribution in [2.75, 3.05) is 5.32 Å². The molecule has 3 saturated carbocycles. The van der Waals surface area contributed by atoms with E-state index in [-0.39, 0.29) is 0 Å². The second kappa shape index (κ2) is 4.25. The van der Waals surface area contributed by atoms with E-state index in [1.54, 1.807) is 0 Å². The molecule has 1 aromatic rings. The summed E-state index contributed by atoms with van der Waals surface area (Å²) < 4.78 is 5.74. The summed E-state index contributed by atoms with van der Waals surface area (Å²) in [5.41, 5.74) is 0. The molecule has 18 heavy (non-hydrogen) atoms. The Hall–Kier alpha value is -1.06. The molecule has 4 rings (SSSR count). The van der Waals surface area contributed by atoms with Crippen molar-refractivity contribution in [2.45, 2.75) is 63.3 Å². The lowest BCUT2D eigenvalue weighted by Crippen LogP contribution is -2.42. The molecule has 0 aromatic carbocycles. The van der Waals surface area contributed by atoms with Crippen molar-refractivity contribution in [3.05, 3.63) is 5.89 Å². The number of hydrogen-bond donors (Lipinski definition) is 1. The van der Waals surface area contributed by atoms with Gasteiger partial charge >= 0.3 is 6.01 Å². The van der Waals surface area contributed by atoms with Gasteiger partial charge in [0.1, 0.15) is 0 Å². The van der Waals surface area contributed by atoms with Crippen molar-refractivity contribution < 1.29 is 4.42 Å². The molecule has 3 fully saturated rings. The smallest absolute Gasteiger partial charge is 0.315 e. The molecule has 4 nitrogen and oxygen atoms in total. The van der Waals surface area contributed by atoms with Gasteiger partial charge in [-0.3, -0.25) is 0 Å². The molecule has 1 N–H and O–H groups in total. The molecular formula is C14H21N3O. The highest BCUT2D eigenvalue weighted by Gasteiger charge is 2.37. The van der Waals surface area contributed by atoms with Crippen LogP contribution in [0.4, 0.5) is 6.01 Å². The fourth-order valence-corrected chi connectivity index (χ4v) is 3.15. The first-order valence-electron chi connectivity index (χ1n) is 7.50. The Morgan fingerprint density at radius 1 is 0.944 bits per heavy atom. The molecule has 0 atom stereocenters. The molecule has 3 aliphatic rings. The van der Waals surface area contributed by atoms with E-state index in [4.69, 9.17) is 4.42 Å². The first-order valence-corrected chi connectivity index (χ1v) is 7.50. The first kappa shape index (κ1) is 10.8. The summed E-state index contributed by atoms with van der Waals surface area (Å²) >= 11 is 0. The van der Waals surface area contributed by atoms with E-state index in [1.165, 1.54) is 51.4 Å². The summed E-state index contributed by atoms with van der Waals surface area (Å²) in [6.45, 7) is 0. The van der Waals surface area contributed by atoms with Gasteiger partial charge in [0.25, 0.3) is 0 Å². The number of anilines is 1. The third-order valence-electron chi connectivity index (χ3n) is 4.97. The van der Waals surface area contributed by atoms with E-state index in [2.05, 4.69) is 15.5 Å². The molecule has 98 valence electrons. The topological polar surface area (TPSA) is 51.0 Å². The summed E-state index contributed by atoms with van der Waals surface area (Å²) in [4.78, 5) is 0. The normalized spacial score (nSPS) is 24.9. The predicted molar refractivity (Wildman–Crippen MR) is 68.4 cm³/mol. The van der Waals surface area contributed by atoms with Crippen molar-refractivity contribution >= 4 is 6.01 Å². The Morgan fingerprint density at radius 3 is 2.11 bits per heavy atom. The standard InChI is InChI=1S/C14H21N3O/c1-3-9(4-1)12(10-5-2-6-10)15-14-17-16-13(18-14)11-7-8-11/h9-12H,1-8H2,(H,15,17). The lowest BCUT2D eigenvalue weighted by molar-refractivity contribution is 0.163. The van der Waals surface area contributed by atoms with Crippen molar-refractivity contribution in [1.82, 2.24) is 10.2 Å². The number of rotatable bonds is 5. The fraction of sp³-hybridized carbons (Fsp3) is 0.857. The average Bonchev–Trinajstić information content (AvgIpc) is 2.95. The maximum atomic E-state index is 5.74. The van der Waals surface area contributed by atoms with E-state index < -0.39 is 0 Å². The van der Waals surface area contributed by atoms with E-state index in [9.17, 15) is 0 Å². The second-order valence-electron chi connectivity index (χ2n) is 6.27. The largest absolute Gasteiger partial charge is 0.408 e. The van der Waals surface area contributed by atoms with Gasteiger partial charge in [-0.15, -0.1) is 5.10 Å². The third-order valence-corrected chi connectivity index (χ3v) is 4.97. The van der Waals surface area contributed by atoms with Gasteiger partial charge in [-0.2, -0.15) is 0 Å². The van der Waals surface area contributed by atoms with Crippen molar-refractivity contribution in [3.63, 3.8) is 0 Å². The van der Waals surface area contributed by atoms with Crippen LogP contribution in [0.15, 0.2) is 4.42 Å². The Kier molecular flexibility index (Phi) is 2.55. The number of nitrogens with zero attached hydrogens (tertiary/aromatic N) is 2. The predicted octanol–water partition coefficient (Wildman–Crippen LogP) is 3.33. The zero-order valence-electron chi connectivity index (χ0n) is 10.8. The van der Waals surface area contributed by atoms with Gasteiger partial charge in [-0.05, 0) is 50.4 Å². The van der Waals surface area contributed by atoms with Crippen LogP contribution in [-0.2, 0) is 0 Å². The minimum atomic E-state index is 0.555. The lowest BCUT2D eigenvalue weighted by Gasteiger charge is -2.42. The Balaban J connectivity index is 1.45. The van der Waals surface area contributed by atoms with Crippen LogP contribution in [0.25, 0.3) is 0 Å². The van der Waals surface area contributed by atoms with Crippen LogP contribution in [-0.4, -0.2) is 16.2 Å². The number of nitrogens with one attached hydrogen (secondary N) is 1. The summed E-state index contributed by atoms with van der Waals surface area (Å²) in [5, 5.41) is 11.9. The maximum absolute atomic E-state index is 5.74. The summed E-state index contributed by atoms with van der Waals surface area (Å²) in [5.74, 6) is 3.08. The molecular weight excluding hydrogens is 226 g/mol. The van der Waals surface area contributed by atoms with E-state index in [0.29, 0.717) is 18.0 Å². The minimum Gasteiger partial charge on any atom is -0.408 e. The Morgan fingerprint density at radius 2 is 1.61 bits per heavy atom. The summed E-state index contributed by atoms with van der Waals surface area (Å²) in [6, 6.07) is 1.25. The Labute approximate surface area is 108 Å². The van der Waals surface area contributed by atoms with Crippen molar-refractivity contribution in [3.8, 4) is 0 Å². The number of hydrogen-bond acceptors (Lipinski definition) is 4. The van der Waals surface area contributed by atoms with Crippen LogP contribution in [0.3, 0.4) is 0 Å². The third kappa shape index (κ3) is 1.91. The Bertz CT molecular complexity index is 404. The van der Waals surface area contributed by atoms with Crippen LogP contribution >= 0.6 is 0 Å². The molecule has 0 aliphatic heterocycles. The SMILES string of the molecule is C1CC(C(Nc2nnc(C3CC3)o2)C2CCC2)C1. The molecule has 1 heterocycles. The van der Waals surface area contributed by atoms with Gasteiger partial charge in [-0.1, -0.05) is 17.9 Å². The zero-order valence-corrected chi connectivity index (χ0v) is 10.8. The maximum Gasteiger partial charge on any atom is 0.315 e. The van der Waals surface area contributed by atoms with Crippen LogP contribution < -0.4 is 5.32 Å². The summed E-state index contributed by atoms with van der Waals surface area (Å²) in [7, 11) is 0. The highest BCUT2D eigenvalue weighted by atomic mass is 16.4. The number of aromatic nitrogens is 2. The van der Waals surface area contributed by atoms with Gasteiger partial charge in [-0.25, -0.2) is 0 Å². The molecule has 0 unspecified atom stereocenters. The van der Waals surface area contributed by atoms with Gasteiger partial charge in [0.2, 0.25) is 5.89 Å². The zero-order chi connectivity index (χ0) is 11.9. The van der Waals surface area contributed by atoms with Crippen LogP contribution in [0.1, 0.15) is 63.2 Å². The highest BCUT2D eigenvalue weighted by Crippen LogP contribution is 2.42. The first-order chi connectivity index (χ1) is 8.90. The molecule has 3 aliphatic carbocycles. The highest BCUT2D eigenvalue weighted by molar-refractivity contribution is 5.23. The van der Waals surface area contributed by atoms with Crippen LogP contribution in [0.5, 0.6) is 0 Å². The molecule has 0 saturated heterocycles. The van der Waals surface area contributed by atoms with Gasteiger partial charge in [0.05, 0.1) is 0 Å². The van der Waals surface area contributed by atoms with E-state index >= 15 is 0 Å². The average molecular weight is 247 g/mol.